The maximum absolute atomic E-state index is 11.7. The normalized spacial score (nSPS) is 20.1. The van der Waals surface area contributed by atoms with Crippen LogP contribution in [0.3, 0.4) is 0 Å². The van der Waals surface area contributed by atoms with E-state index < -0.39 is 12.0 Å². The first-order valence-corrected chi connectivity index (χ1v) is 8.79. The van der Waals surface area contributed by atoms with E-state index in [0.29, 0.717) is 6.42 Å². The van der Waals surface area contributed by atoms with Crippen LogP contribution >= 0.6 is 11.3 Å². The van der Waals surface area contributed by atoms with Gasteiger partial charge in [0, 0.05) is 0 Å². The van der Waals surface area contributed by atoms with Crippen LogP contribution < -0.4 is 4.74 Å². The summed E-state index contributed by atoms with van der Waals surface area (Å²) in [5.74, 6) is 0.0689. The summed E-state index contributed by atoms with van der Waals surface area (Å²) in [7, 11) is 1.65. The fraction of sp³-hybridized carbons (Fsp3) is 0.389. The molecule has 1 aliphatic heterocycles. The van der Waals surface area contributed by atoms with E-state index >= 15 is 0 Å². The molecule has 0 aliphatic carbocycles. The zero-order chi connectivity index (χ0) is 16.2. The van der Waals surface area contributed by atoms with Crippen LogP contribution in [0.1, 0.15) is 36.4 Å². The molecule has 23 heavy (non-hydrogen) atoms. The third kappa shape index (κ3) is 3.41. The molecule has 0 saturated carbocycles. The van der Waals surface area contributed by atoms with Crippen LogP contribution in [0.5, 0.6) is 5.75 Å². The van der Waals surface area contributed by atoms with Crippen LogP contribution in [-0.4, -0.2) is 35.7 Å². The van der Waals surface area contributed by atoms with Crippen molar-refractivity contribution >= 4 is 17.3 Å². The van der Waals surface area contributed by atoms with Crippen molar-refractivity contribution in [2.75, 3.05) is 13.7 Å². The summed E-state index contributed by atoms with van der Waals surface area (Å²) >= 11 is 1.64. The standard InChI is InChI=1S/C18H21NO3S/c1-22-15-6-4-5-13(11-15)17(14-8-10-23-12-14)19-9-3-2-7-16(19)18(20)21/h4-6,8,10-12,16-17H,2-3,7,9H2,1H3,(H,20,21). The summed E-state index contributed by atoms with van der Waals surface area (Å²) in [6.07, 6.45) is 2.72. The average Bonchev–Trinajstić information content (AvgIpc) is 3.10. The molecule has 1 saturated heterocycles. The number of carboxylic acid groups (broad SMARTS) is 1. The zero-order valence-corrected chi connectivity index (χ0v) is 14.0. The predicted molar refractivity (Wildman–Crippen MR) is 91.1 cm³/mol. The number of thiophene rings is 1. The van der Waals surface area contributed by atoms with Gasteiger partial charge in [0.15, 0.2) is 0 Å². The van der Waals surface area contributed by atoms with Gasteiger partial charge in [0.1, 0.15) is 11.8 Å². The van der Waals surface area contributed by atoms with Gasteiger partial charge in [-0.05, 0) is 59.5 Å². The number of hydrogen-bond donors (Lipinski definition) is 1. The van der Waals surface area contributed by atoms with E-state index in [2.05, 4.69) is 22.4 Å². The SMILES string of the molecule is COc1cccc(C(c2ccsc2)N2CCCCC2C(=O)O)c1. The number of hydrogen-bond acceptors (Lipinski definition) is 4. The number of piperidine rings is 1. The lowest BCUT2D eigenvalue weighted by molar-refractivity contribution is -0.145. The number of carboxylic acids is 1. The Labute approximate surface area is 140 Å². The molecule has 0 bridgehead atoms. The van der Waals surface area contributed by atoms with Crippen molar-refractivity contribution in [3.63, 3.8) is 0 Å². The third-order valence-electron chi connectivity index (χ3n) is 4.43. The molecule has 5 heteroatoms. The summed E-state index contributed by atoms with van der Waals surface area (Å²) in [5.41, 5.74) is 2.23. The lowest BCUT2D eigenvalue weighted by Gasteiger charge is -2.39. The number of ether oxygens (including phenoxy) is 1. The first-order valence-electron chi connectivity index (χ1n) is 7.85. The molecule has 1 aromatic carbocycles. The molecule has 1 fully saturated rings. The molecule has 1 aromatic heterocycles. The Morgan fingerprint density at radius 1 is 1.35 bits per heavy atom. The Morgan fingerprint density at radius 2 is 2.22 bits per heavy atom. The fourth-order valence-electron chi connectivity index (χ4n) is 3.35. The number of aliphatic carboxylic acids is 1. The molecular formula is C18H21NO3S. The number of rotatable bonds is 5. The minimum atomic E-state index is -0.729. The van der Waals surface area contributed by atoms with Crippen LogP contribution in [0.25, 0.3) is 0 Å². The van der Waals surface area contributed by atoms with Gasteiger partial charge in [-0.1, -0.05) is 18.6 Å². The van der Waals surface area contributed by atoms with E-state index in [4.69, 9.17) is 4.74 Å². The summed E-state index contributed by atoms with van der Waals surface area (Å²) < 4.78 is 5.35. The van der Waals surface area contributed by atoms with Gasteiger partial charge in [0.05, 0.1) is 13.2 Å². The lowest BCUT2D eigenvalue weighted by atomic mass is 9.93. The highest BCUT2D eigenvalue weighted by Gasteiger charge is 2.35. The first kappa shape index (κ1) is 16.0. The molecule has 4 nitrogen and oxygen atoms in total. The Balaban J connectivity index is 2.03. The third-order valence-corrected chi connectivity index (χ3v) is 5.13. The molecular weight excluding hydrogens is 310 g/mol. The van der Waals surface area contributed by atoms with E-state index in [9.17, 15) is 9.90 Å². The minimum absolute atomic E-state index is 0.0438. The number of likely N-dealkylation sites (tertiary alicyclic amines) is 1. The number of benzene rings is 1. The van der Waals surface area contributed by atoms with Crippen molar-refractivity contribution in [2.45, 2.75) is 31.3 Å². The highest BCUT2D eigenvalue weighted by Crippen LogP contribution is 2.36. The van der Waals surface area contributed by atoms with Crippen molar-refractivity contribution in [2.24, 2.45) is 0 Å². The lowest BCUT2D eigenvalue weighted by Crippen LogP contribution is -2.46. The summed E-state index contributed by atoms with van der Waals surface area (Å²) in [6, 6.07) is 9.56. The van der Waals surface area contributed by atoms with Crippen molar-refractivity contribution in [3.05, 3.63) is 52.2 Å². The van der Waals surface area contributed by atoms with Crippen LogP contribution in [0.4, 0.5) is 0 Å². The summed E-state index contributed by atoms with van der Waals surface area (Å²) in [4.78, 5) is 13.9. The molecule has 0 amide bonds. The molecule has 2 aromatic rings. The molecule has 3 rings (SSSR count). The van der Waals surface area contributed by atoms with Gasteiger partial charge in [-0.2, -0.15) is 11.3 Å². The molecule has 122 valence electrons. The van der Waals surface area contributed by atoms with E-state index in [-0.39, 0.29) is 6.04 Å². The topological polar surface area (TPSA) is 49.8 Å². The molecule has 0 radical (unpaired) electrons. The van der Waals surface area contributed by atoms with Crippen molar-refractivity contribution in [3.8, 4) is 5.75 Å². The molecule has 1 aliphatic rings. The quantitative estimate of drug-likeness (QED) is 0.906. The Bertz CT molecular complexity index is 656. The van der Waals surface area contributed by atoms with E-state index in [0.717, 1.165) is 36.3 Å². The van der Waals surface area contributed by atoms with Crippen LogP contribution in [0, 0.1) is 0 Å². The number of carbonyl (C=O) groups is 1. The summed E-state index contributed by atoms with van der Waals surface area (Å²) in [5, 5.41) is 13.8. The second kappa shape index (κ2) is 7.15. The molecule has 2 unspecified atom stereocenters. The van der Waals surface area contributed by atoms with Gasteiger partial charge >= 0.3 is 5.97 Å². The van der Waals surface area contributed by atoms with Crippen LogP contribution in [0.15, 0.2) is 41.1 Å². The maximum Gasteiger partial charge on any atom is 0.320 e. The van der Waals surface area contributed by atoms with Crippen molar-refractivity contribution in [1.29, 1.82) is 0 Å². The second-order valence-corrected chi connectivity index (χ2v) is 6.60. The van der Waals surface area contributed by atoms with Crippen molar-refractivity contribution in [1.82, 2.24) is 4.90 Å². The zero-order valence-electron chi connectivity index (χ0n) is 13.1. The number of nitrogens with zero attached hydrogens (tertiary/aromatic N) is 1. The van der Waals surface area contributed by atoms with Crippen LogP contribution in [-0.2, 0) is 4.79 Å². The highest BCUT2D eigenvalue weighted by molar-refractivity contribution is 7.08. The fourth-order valence-corrected chi connectivity index (χ4v) is 4.02. The van der Waals surface area contributed by atoms with E-state index in [1.807, 2.05) is 23.6 Å². The molecule has 2 heterocycles. The van der Waals surface area contributed by atoms with Gasteiger partial charge in [-0.3, -0.25) is 9.69 Å². The Hall–Kier alpha value is -1.85. The van der Waals surface area contributed by atoms with Gasteiger partial charge in [-0.25, -0.2) is 0 Å². The van der Waals surface area contributed by atoms with Gasteiger partial charge in [0.2, 0.25) is 0 Å². The largest absolute Gasteiger partial charge is 0.497 e. The van der Waals surface area contributed by atoms with Gasteiger partial charge in [0.25, 0.3) is 0 Å². The van der Waals surface area contributed by atoms with Crippen LogP contribution in [0.2, 0.25) is 0 Å². The second-order valence-electron chi connectivity index (χ2n) is 5.82. The smallest absolute Gasteiger partial charge is 0.320 e. The van der Waals surface area contributed by atoms with Gasteiger partial charge < -0.3 is 9.84 Å². The maximum atomic E-state index is 11.7. The predicted octanol–water partition coefficient (Wildman–Crippen LogP) is 3.79. The Kier molecular flexibility index (Phi) is 4.98. The molecule has 0 spiro atoms. The molecule has 1 N–H and O–H groups in total. The summed E-state index contributed by atoms with van der Waals surface area (Å²) in [6.45, 7) is 0.800. The minimum Gasteiger partial charge on any atom is -0.497 e. The first-order chi connectivity index (χ1) is 11.2. The molecule has 2 atom stereocenters. The average molecular weight is 331 g/mol. The monoisotopic (exact) mass is 331 g/mol. The number of methoxy groups -OCH3 is 1. The van der Waals surface area contributed by atoms with Crippen molar-refractivity contribution < 1.29 is 14.6 Å². The van der Waals surface area contributed by atoms with Gasteiger partial charge in [-0.15, -0.1) is 0 Å². The Morgan fingerprint density at radius 3 is 2.91 bits per heavy atom. The highest BCUT2D eigenvalue weighted by atomic mass is 32.1. The van der Waals surface area contributed by atoms with E-state index in [1.54, 1.807) is 18.4 Å². The van der Waals surface area contributed by atoms with E-state index in [1.165, 1.54) is 0 Å².